The number of aliphatic hydroxyl groups is 1. The second-order valence-electron chi connectivity index (χ2n) is 6.20. The van der Waals surface area contributed by atoms with Crippen molar-refractivity contribution in [2.24, 2.45) is 5.92 Å². The highest BCUT2D eigenvalue weighted by Crippen LogP contribution is 2.47. The van der Waals surface area contributed by atoms with E-state index in [4.69, 9.17) is 4.74 Å². The summed E-state index contributed by atoms with van der Waals surface area (Å²) in [6.45, 7) is 0.803. The van der Waals surface area contributed by atoms with Crippen LogP contribution < -0.4 is 0 Å². The fourth-order valence-electron chi connectivity index (χ4n) is 4.29. The van der Waals surface area contributed by atoms with Crippen molar-refractivity contribution in [3.05, 3.63) is 33.4 Å². The van der Waals surface area contributed by atoms with Crippen molar-refractivity contribution in [2.75, 3.05) is 20.3 Å². The molecule has 1 aromatic carbocycles. The number of halogens is 1. The lowest BCUT2D eigenvalue weighted by Gasteiger charge is -2.43. The van der Waals surface area contributed by atoms with E-state index in [9.17, 15) is 9.90 Å². The smallest absolute Gasteiger partial charge is 0.310 e. The van der Waals surface area contributed by atoms with Gasteiger partial charge in [0.15, 0.2) is 0 Å². The minimum absolute atomic E-state index is 0.114. The number of esters is 1. The predicted molar refractivity (Wildman–Crippen MR) is 92.6 cm³/mol. The van der Waals surface area contributed by atoms with E-state index in [-0.39, 0.29) is 30.5 Å². The lowest BCUT2D eigenvalue weighted by molar-refractivity contribution is -0.150. The first-order chi connectivity index (χ1) is 10.7. The normalized spacial score (nSPS) is 31.2. The molecule has 0 amide bonds. The lowest BCUT2D eigenvalue weighted by atomic mass is 9.76. The number of ether oxygens (including phenoxy) is 1. The molecule has 0 radical (unpaired) electrons. The van der Waals surface area contributed by atoms with E-state index < -0.39 is 0 Å². The van der Waals surface area contributed by atoms with Gasteiger partial charge in [0.2, 0.25) is 0 Å². The molecular formula is C17H22INO3. The molecule has 2 fully saturated rings. The molecule has 0 aromatic heterocycles. The molecule has 0 saturated carbocycles. The third-order valence-electron chi connectivity index (χ3n) is 5.19. The Hall–Kier alpha value is -0.660. The molecule has 2 bridgehead atoms. The minimum atomic E-state index is -0.129. The molecule has 1 N–H and O–H groups in total. The van der Waals surface area contributed by atoms with Gasteiger partial charge in [-0.25, -0.2) is 0 Å². The highest BCUT2D eigenvalue weighted by atomic mass is 127. The molecule has 2 aliphatic rings. The van der Waals surface area contributed by atoms with Crippen LogP contribution in [0.4, 0.5) is 0 Å². The van der Waals surface area contributed by atoms with E-state index in [0.717, 1.165) is 19.3 Å². The SMILES string of the molecule is COC(=O)[C@@H]1[C@@H](c2ccc(I)cc2)C[C@@H]2CC[C@H]1N2CCO. The van der Waals surface area contributed by atoms with Gasteiger partial charge in [0.1, 0.15) is 0 Å². The molecule has 5 heteroatoms. The number of fused-ring (bicyclic) bond motifs is 2. The van der Waals surface area contributed by atoms with Crippen LogP contribution in [0.25, 0.3) is 0 Å². The number of benzene rings is 1. The van der Waals surface area contributed by atoms with Crippen molar-refractivity contribution in [1.29, 1.82) is 0 Å². The first-order valence-corrected chi connectivity index (χ1v) is 8.93. The second kappa shape index (κ2) is 6.84. The van der Waals surface area contributed by atoms with Crippen LogP contribution in [0.1, 0.15) is 30.7 Å². The van der Waals surface area contributed by atoms with Gasteiger partial charge in [-0.2, -0.15) is 0 Å². The molecule has 4 atom stereocenters. The fraction of sp³-hybridized carbons (Fsp3) is 0.588. The van der Waals surface area contributed by atoms with E-state index in [1.807, 2.05) is 0 Å². The van der Waals surface area contributed by atoms with Crippen LogP contribution in [0.2, 0.25) is 0 Å². The zero-order valence-corrected chi connectivity index (χ0v) is 14.9. The molecule has 0 unspecified atom stereocenters. The Kier molecular flexibility index (Phi) is 5.04. The van der Waals surface area contributed by atoms with Gasteiger partial charge in [-0.3, -0.25) is 9.69 Å². The second-order valence-corrected chi connectivity index (χ2v) is 7.45. The minimum Gasteiger partial charge on any atom is -0.469 e. The summed E-state index contributed by atoms with van der Waals surface area (Å²) in [5.74, 6) is -0.0240. The van der Waals surface area contributed by atoms with Crippen molar-refractivity contribution >= 4 is 28.6 Å². The van der Waals surface area contributed by atoms with Crippen LogP contribution in [0.15, 0.2) is 24.3 Å². The maximum Gasteiger partial charge on any atom is 0.310 e. The zero-order valence-electron chi connectivity index (χ0n) is 12.7. The number of nitrogens with zero attached hydrogens (tertiary/aromatic N) is 1. The first kappa shape index (κ1) is 16.2. The third-order valence-corrected chi connectivity index (χ3v) is 5.91. The molecule has 2 aliphatic heterocycles. The van der Waals surface area contributed by atoms with Crippen molar-refractivity contribution in [2.45, 2.75) is 37.3 Å². The molecule has 4 nitrogen and oxygen atoms in total. The fourth-order valence-corrected chi connectivity index (χ4v) is 4.65. The summed E-state index contributed by atoms with van der Waals surface area (Å²) < 4.78 is 6.32. The van der Waals surface area contributed by atoms with Gasteiger partial charge < -0.3 is 9.84 Å². The Balaban J connectivity index is 1.92. The predicted octanol–water partition coefficient (Wildman–Crippen LogP) is 2.39. The van der Waals surface area contributed by atoms with Crippen LogP contribution in [-0.2, 0) is 9.53 Å². The number of carbonyl (C=O) groups is 1. The maximum absolute atomic E-state index is 12.4. The molecule has 2 saturated heterocycles. The summed E-state index contributed by atoms with van der Waals surface area (Å²) in [5.41, 5.74) is 1.23. The van der Waals surface area contributed by atoms with E-state index in [2.05, 4.69) is 51.8 Å². The van der Waals surface area contributed by atoms with Crippen LogP contribution >= 0.6 is 22.6 Å². The molecule has 22 heavy (non-hydrogen) atoms. The highest BCUT2D eigenvalue weighted by molar-refractivity contribution is 14.1. The van der Waals surface area contributed by atoms with Crippen LogP contribution in [-0.4, -0.2) is 48.3 Å². The third kappa shape index (κ3) is 2.90. The molecule has 0 aliphatic carbocycles. The standard InChI is InChI=1S/C17H22INO3/c1-22-17(21)16-14(11-2-4-12(18)5-3-11)10-13-6-7-15(16)19(13)8-9-20/h2-5,13-16,20H,6-10H2,1H3/t13-,14+,15+,16+/m0/s1. The number of carbonyl (C=O) groups excluding carboxylic acids is 1. The Morgan fingerprint density at radius 3 is 2.73 bits per heavy atom. The molecule has 1 aromatic rings. The van der Waals surface area contributed by atoms with Gasteiger partial charge in [0.25, 0.3) is 0 Å². The van der Waals surface area contributed by atoms with E-state index in [1.54, 1.807) is 0 Å². The molecule has 0 spiro atoms. The molecular weight excluding hydrogens is 393 g/mol. The number of hydrogen-bond acceptors (Lipinski definition) is 4. The summed E-state index contributed by atoms with van der Waals surface area (Å²) in [6.07, 6.45) is 3.10. The number of hydrogen-bond donors (Lipinski definition) is 1. The summed E-state index contributed by atoms with van der Waals surface area (Å²) in [4.78, 5) is 14.8. The Morgan fingerprint density at radius 2 is 2.09 bits per heavy atom. The van der Waals surface area contributed by atoms with E-state index in [0.29, 0.717) is 12.6 Å². The van der Waals surface area contributed by atoms with Crippen molar-refractivity contribution < 1.29 is 14.6 Å². The number of methoxy groups -OCH3 is 1. The monoisotopic (exact) mass is 415 g/mol. The van der Waals surface area contributed by atoms with Crippen molar-refractivity contribution in [3.63, 3.8) is 0 Å². The quantitative estimate of drug-likeness (QED) is 0.606. The Morgan fingerprint density at radius 1 is 1.36 bits per heavy atom. The average molecular weight is 415 g/mol. The Bertz CT molecular complexity index is 533. The van der Waals surface area contributed by atoms with E-state index in [1.165, 1.54) is 16.2 Å². The van der Waals surface area contributed by atoms with Crippen molar-refractivity contribution in [1.82, 2.24) is 4.90 Å². The van der Waals surface area contributed by atoms with Gasteiger partial charge in [0, 0.05) is 28.1 Å². The van der Waals surface area contributed by atoms with Gasteiger partial charge >= 0.3 is 5.97 Å². The number of piperidine rings is 1. The molecule has 3 rings (SSSR count). The van der Waals surface area contributed by atoms with Gasteiger partial charge in [0.05, 0.1) is 19.6 Å². The summed E-state index contributed by atoms with van der Waals surface area (Å²) >= 11 is 2.30. The lowest BCUT2D eigenvalue weighted by Crippen LogP contribution is -2.51. The van der Waals surface area contributed by atoms with Crippen molar-refractivity contribution in [3.8, 4) is 0 Å². The highest BCUT2D eigenvalue weighted by Gasteiger charge is 2.50. The summed E-state index contributed by atoms with van der Waals surface area (Å²) in [6, 6.07) is 9.16. The van der Waals surface area contributed by atoms with E-state index >= 15 is 0 Å². The number of rotatable bonds is 4. The molecule has 120 valence electrons. The van der Waals surface area contributed by atoms with Gasteiger partial charge in [-0.05, 0) is 59.5 Å². The van der Waals surface area contributed by atoms with Gasteiger partial charge in [-0.15, -0.1) is 0 Å². The summed E-state index contributed by atoms with van der Waals surface area (Å²) in [5, 5.41) is 9.32. The largest absolute Gasteiger partial charge is 0.469 e. The average Bonchev–Trinajstić information content (AvgIpc) is 2.80. The number of aliphatic hydroxyl groups excluding tert-OH is 1. The molecule has 2 heterocycles. The van der Waals surface area contributed by atoms with Crippen LogP contribution in [0.5, 0.6) is 0 Å². The zero-order chi connectivity index (χ0) is 15.7. The Labute approximate surface area is 145 Å². The summed E-state index contributed by atoms with van der Waals surface area (Å²) in [7, 11) is 1.48. The van der Waals surface area contributed by atoms with Gasteiger partial charge in [-0.1, -0.05) is 12.1 Å². The first-order valence-electron chi connectivity index (χ1n) is 7.85. The van der Waals surface area contributed by atoms with Crippen LogP contribution in [0.3, 0.4) is 0 Å². The topological polar surface area (TPSA) is 49.8 Å². The van der Waals surface area contributed by atoms with Crippen LogP contribution in [0, 0.1) is 9.49 Å². The maximum atomic E-state index is 12.4.